The summed E-state index contributed by atoms with van der Waals surface area (Å²) in [5.41, 5.74) is 3.79. The fourth-order valence-electron chi connectivity index (χ4n) is 2.90. The molecule has 0 saturated heterocycles. The predicted octanol–water partition coefficient (Wildman–Crippen LogP) is 4.18. The lowest BCUT2D eigenvalue weighted by Gasteiger charge is -2.31. The van der Waals surface area contributed by atoms with E-state index in [1.165, 1.54) is 16.7 Å². The van der Waals surface area contributed by atoms with Gasteiger partial charge in [-0.05, 0) is 36.7 Å². The van der Waals surface area contributed by atoms with Gasteiger partial charge in [-0.1, -0.05) is 43.3 Å². The monoisotopic (exact) mass is 267 g/mol. The average Bonchev–Trinajstić information content (AvgIpc) is 2.48. The molecule has 0 aromatic heterocycles. The molecule has 0 radical (unpaired) electrons. The molecule has 0 aliphatic carbocycles. The summed E-state index contributed by atoms with van der Waals surface area (Å²) in [6.07, 6.45) is 1.30. The van der Waals surface area contributed by atoms with Crippen LogP contribution < -0.4 is 10.1 Å². The molecule has 1 aliphatic rings. The van der Waals surface area contributed by atoms with Crippen LogP contribution in [0.5, 0.6) is 5.75 Å². The van der Waals surface area contributed by atoms with Crippen LogP contribution in [0.25, 0.3) is 11.1 Å². The fraction of sp³-hybridized carbons (Fsp3) is 0.333. The number of ether oxygens (including phenoxy) is 1. The zero-order valence-corrected chi connectivity index (χ0v) is 12.1. The highest BCUT2D eigenvalue weighted by Gasteiger charge is 2.25. The van der Waals surface area contributed by atoms with E-state index in [1.807, 2.05) is 6.07 Å². The second kappa shape index (κ2) is 5.68. The van der Waals surface area contributed by atoms with Crippen molar-refractivity contribution >= 4 is 0 Å². The molecule has 1 aliphatic heterocycles. The first-order chi connectivity index (χ1) is 9.78. The van der Waals surface area contributed by atoms with Gasteiger partial charge in [0.05, 0.1) is 6.10 Å². The van der Waals surface area contributed by atoms with E-state index in [2.05, 4.69) is 61.6 Å². The van der Waals surface area contributed by atoms with Crippen LogP contribution in [-0.4, -0.2) is 12.6 Å². The van der Waals surface area contributed by atoms with Crippen LogP contribution in [0.3, 0.4) is 0 Å². The van der Waals surface area contributed by atoms with Crippen LogP contribution >= 0.6 is 0 Å². The lowest BCUT2D eigenvalue weighted by atomic mass is 9.93. The first kappa shape index (κ1) is 13.2. The molecule has 2 aromatic rings. The minimum absolute atomic E-state index is 0.272. The maximum atomic E-state index is 5.96. The summed E-state index contributed by atoms with van der Waals surface area (Å²) in [6, 6.07) is 17.4. The highest BCUT2D eigenvalue weighted by molar-refractivity contribution is 5.66. The Labute approximate surface area is 120 Å². The molecule has 1 heterocycles. The van der Waals surface area contributed by atoms with Crippen LogP contribution in [0.4, 0.5) is 0 Å². The van der Waals surface area contributed by atoms with E-state index >= 15 is 0 Å². The number of nitrogens with one attached hydrogen (secondary N) is 1. The zero-order valence-electron chi connectivity index (χ0n) is 12.1. The van der Waals surface area contributed by atoms with Crippen LogP contribution in [-0.2, 0) is 0 Å². The topological polar surface area (TPSA) is 21.3 Å². The third kappa shape index (κ3) is 2.56. The quantitative estimate of drug-likeness (QED) is 0.901. The second-order valence-corrected chi connectivity index (χ2v) is 5.39. The van der Waals surface area contributed by atoms with Gasteiger partial charge in [-0.15, -0.1) is 0 Å². The molecule has 3 rings (SSSR count). The van der Waals surface area contributed by atoms with Crippen molar-refractivity contribution in [3.8, 4) is 16.9 Å². The highest BCUT2D eigenvalue weighted by Crippen LogP contribution is 2.37. The molecule has 104 valence electrons. The Bertz CT molecular complexity index is 579. The summed E-state index contributed by atoms with van der Waals surface area (Å²) in [7, 11) is 0. The fourth-order valence-corrected chi connectivity index (χ4v) is 2.90. The summed E-state index contributed by atoms with van der Waals surface area (Å²) in [4.78, 5) is 0. The van der Waals surface area contributed by atoms with E-state index in [0.29, 0.717) is 6.04 Å². The maximum Gasteiger partial charge on any atom is 0.124 e. The van der Waals surface area contributed by atoms with Gasteiger partial charge >= 0.3 is 0 Å². The zero-order chi connectivity index (χ0) is 13.9. The Balaban J connectivity index is 2.00. The van der Waals surface area contributed by atoms with Crippen molar-refractivity contribution in [3.63, 3.8) is 0 Å². The van der Waals surface area contributed by atoms with Gasteiger partial charge in [0.1, 0.15) is 5.75 Å². The number of fused-ring (bicyclic) bond motifs is 1. The largest absolute Gasteiger partial charge is 0.490 e. The predicted molar refractivity (Wildman–Crippen MR) is 83.0 cm³/mol. The van der Waals surface area contributed by atoms with Gasteiger partial charge in [0.2, 0.25) is 0 Å². The number of benzene rings is 2. The second-order valence-electron chi connectivity index (χ2n) is 5.39. The third-order valence-electron chi connectivity index (χ3n) is 3.84. The van der Waals surface area contributed by atoms with Crippen molar-refractivity contribution in [1.29, 1.82) is 0 Å². The summed E-state index contributed by atoms with van der Waals surface area (Å²) < 4.78 is 5.96. The lowest BCUT2D eigenvalue weighted by Crippen LogP contribution is -2.31. The maximum absolute atomic E-state index is 5.96. The van der Waals surface area contributed by atoms with Crippen molar-refractivity contribution in [1.82, 2.24) is 5.32 Å². The van der Waals surface area contributed by atoms with E-state index in [-0.39, 0.29) is 6.10 Å². The molecule has 0 fully saturated rings. The normalized spacial score (nSPS) is 21.1. The number of hydrogen-bond acceptors (Lipinski definition) is 2. The van der Waals surface area contributed by atoms with E-state index in [1.54, 1.807) is 0 Å². The Morgan fingerprint density at radius 2 is 1.90 bits per heavy atom. The van der Waals surface area contributed by atoms with E-state index < -0.39 is 0 Å². The van der Waals surface area contributed by atoms with Crippen molar-refractivity contribution in [2.75, 3.05) is 6.54 Å². The average molecular weight is 267 g/mol. The van der Waals surface area contributed by atoms with Gasteiger partial charge in [-0.3, -0.25) is 0 Å². The molecular weight excluding hydrogens is 246 g/mol. The summed E-state index contributed by atoms with van der Waals surface area (Å²) in [5, 5.41) is 3.57. The van der Waals surface area contributed by atoms with Crippen LogP contribution in [0.15, 0.2) is 48.5 Å². The Hall–Kier alpha value is -1.80. The van der Waals surface area contributed by atoms with Gasteiger partial charge in [0.25, 0.3) is 0 Å². The van der Waals surface area contributed by atoms with E-state index in [0.717, 1.165) is 18.7 Å². The molecule has 0 spiro atoms. The molecule has 0 amide bonds. The van der Waals surface area contributed by atoms with E-state index in [9.17, 15) is 0 Å². The van der Waals surface area contributed by atoms with Crippen molar-refractivity contribution in [2.24, 2.45) is 0 Å². The lowest BCUT2D eigenvalue weighted by molar-refractivity contribution is 0.167. The number of hydrogen-bond donors (Lipinski definition) is 1. The smallest absolute Gasteiger partial charge is 0.124 e. The molecule has 0 saturated carbocycles. The van der Waals surface area contributed by atoms with Gasteiger partial charge in [-0.25, -0.2) is 0 Å². The first-order valence-corrected chi connectivity index (χ1v) is 7.37. The minimum Gasteiger partial charge on any atom is -0.490 e. The Morgan fingerprint density at radius 1 is 1.10 bits per heavy atom. The third-order valence-corrected chi connectivity index (χ3v) is 3.84. The van der Waals surface area contributed by atoms with Gasteiger partial charge in [-0.2, -0.15) is 0 Å². The SMILES string of the molecule is CCNC1CC(C)Oc2ccc(-c3ccccc3)cc21. The molecule has 1 N–H and O–H groups in total. The standard InChI is InChI=1S/C18H21NO/c1-3-19-17-11-13(2)20-18-10-9-15(12-16(17)18)14-7-5-4-6-8-14/h4-10,12-13,17,19H,3,11H2,1-2H3. The minimum atomic E-state index is 0.272. The summed E-state index contributed by atoms with van der Waals surface area (Å²) in [5.74, 6) is 1.02. The van der Waals surface area contributed by atoms with Gasteiger partial charge in [0, 0.05) is 18.0 Å². The summed E-state index contributed by atoms with van der Waals surface area (Å²) >= 11 is 0. The molecule has 20 heavy (non-hydrogen) atoms. The molecule has 2 nitrogen and oxygen atoms in total. The van der Waals surface area contributed by atoms with Crippen LogP contribution in [0, 0.1) is 0 Å². The number of rotatable bonds is 3. The van der Waals surface area contributed by atoms with Crippen molar-refractivity contribution in [2.45, 2.75) is 32.4 Å². The molecule has 2 atom stereocenters. The molecule has 2 unspecified atom stereocenters. The van der Waals surface area contributed by atoms with Gasteiger partial charge < -0.3 is 10.1 Å². The van der Waals surface area contributed by atoms with Crippen LogP contribution in [0.1, 0.15) is 31.9 Å². The summed E-state index contributed by atoms with van der Waals surface area (Å²) in [6.45, 7) is 5.27. The molecule has 2 heteroatoms. The molecule has 2 aromatic carbocycles. The molecule has 0 bridgehead atoms. The highest BCUT2D eigenvalue weighted by atomic mass is 16.5. The van der Waals surface area contributed by atoms with Gasteiger partial charge in [0.15, 0.2) is 0 Å². The Kier molecular flexibility index (Phi) is 3.75. The first-order valence-electron chi connectivity index (χ1n) is 7.37. The Morgan fingerprint density at radius 3 is 2.65 bits per heavy atom. The molecular formula is C18H21NO. The van der Waals surface area contributed by atoms with E-state index in [4.69, 9.17) is 4.74 Å². The van der Waals surface area contributed by atoms with Crippen molar-refractivity contribution < 1.29 is 4.74 Å². The van der Waals surface area contributed by atoms with Crippen LogP contribution in [0.2, 0.25) is 0 Å². The van der Waals surface area contributed by atoms with Crippen molar-refractivity contribution in [3.05, 3.63) is 54.1 Å².